The first kappa shape index (κ1) is 12.0. The average molecular weight is 238 g/mol. The quantitative estimate of drug-likeness (QED) is 0.858. The first-order chi connectivity index (χ1) is 7.96. The normalized spacial score (nSPS) is 21.4. The molecule has 1 N–H and O–H groups in total. The minimum absolute atomic E-state index is 0.369. The molecule has 4 nitrogen and oxygen atoms in total. The summed E-state index contributed by atoms with van der Waals surface area (Å²) in [7, 11) is 3.15. The van der Waals surface area contributed by atoms with Crippen molar-refractivity contribution >= 4 is 0 Å². The van der Waals surface area contributed by atoms with Crippen molar-refractivity contribution in [2.24, 2.45) is 0 Å². The van der Waals surface area contributed by atoms with E-state index in [9.17, 15) is 5.11 Å². The SMILES string of the molecule is COc1cc2c(cc1OC)C(O)CC(C)(C)O2. The molecule has 0 radical (unpaired) electrons. The van der Waals surface area contributed by atoms with Gasteiger partial charge in [0.05, 0.1) is 20.3 Å². The number of rotatable bonds is 2. The molecule has 1 aromatic rings. The number of ether oxygens (including phenoxy) is 3. The summed E-state index contributed by atoms with van der Waals surface area (Å²) in [6, 6.07) is 3.53. The Morgan fingerprint density at radius 2 is 1.82 bits per heavy atom. The minimum Gasteiger partial charge on any atom is -0.493 e. The Morgan fingerprint density at radius 3 is 2.41 bits per heavy atom. The van der Waals surface area contributed by atoms with E-state index in [4.69, 9.17) is 14.2 Å². The first-order valence-corrected chi connectivity index (χ1v) is 5.60. The van der Waals surface area contributed by atoms with E-state index in [1.807, 2.05) is 13.8 Å². The highest BCUT2D eigenvalue weighted by atomic mass is 16.5. The van der Waals surface area contributed by atoms with E-state index in [-0.39, 0.29) is 5.60 Å². The molecule has 1 atom stereocenters. The summed E-state index contributed by atoms with van der Waals surface area (Å²) >= 11 is 0. The fraction of sp³-hybridized carbons (Fsp3) is 0.538. The Bertz CT molecular complexity index is 426. The number of benzene rings is 1. The van der Waals surface area contributed by atoms with E-state index >= 15 is 0 Å². The molecule has 1 heterocycles. The molecular formula is C13H18O4. The van der Waals surface area contributed by atoms with Gasteiger partial charge in [0.2, 0.25) is 0 Å². The van der Waals surface area contributed by atoms with Gasteiger partial charge < -0.3 is 19.3 Å². The number of hydrogen-bond acceptors (Lipinski definition) is 4. The molecule has 0 spiro atoms. The fourth-order valence-corrected chi connectivity index (χ4v) is 2.14. The van der Waals surface area contributed by atoms with Gasteiger partial charge in [0, 0.05) is 18.1 Å². The maximum Gasteiger partial charge on any atom is 0.164 e. The highest BCUT2D eigenvalue weighted by Gasteiger charge is 2.33. The molecule has 0 aliphatic carbocycles. The Morgan fingerprint density at radius 1 is 1.24 bits per heavy atom. The summed E-state index contributed by atoms with van der Waals surface area (Å²) in [5.74, 6) is 1.87. The van der Waals surface area contributed by atoms with Crippen LogP contribution in [0, 0.1) is 0 Å². The van der Waals surface area contributed by atoms with Crippen LogP contribution in [-0.2, 0) is 0 Å². The minimum atomic E-state index is -0.534. The van der Waals surface area contributed by atoms with Crippen LogP contribution in [0.3, 0.4) is 0 Å². The van der Waals surface area contributed by atoms with Gasteiger partial charge in [0.25, 0.3) is 0 Å². The molecule has 17 heavy (non-hydrogen) atoms. The zero-order valence-corrected chi connectivity index (χ0v) is 10.6. The number of aliphatic hydroxyl groups is 1. The first-order valence-electron chi connectivity index (χ1n) is 5.60. The Kier molecular flexibility index (Phi) is 2.91. The third-order valence-electron chi connectivity index (χ3n) is 2.95. The molecule has 0 fully saturated rings. The summed E-state index contributed by atoms with van der Waals surface area (Å²) in [6.45, 7) is 3.91. The summed E-state index contributed by atoms with van der Waals surface area (Å²) in [5.41, 5.74) is 0.383. The van der Waals surface area contributed by atoms with Gasteiger partial charge in [-0.3, -0.25) is 0 Å². The summed E-state index contributed by atoms with van der Waals surface area (Å²) in [4.78, 5) is 0. The molecule has 0 saturated carbocycles. The molecule has 2 rings (SSSR count). The van der Waals surface area contributed by atoms with Crippen LogP contribution >= 0.6 is 0 Å². The molecule has 94 valence electrons. The van der Waals surface area contributed by atoms with E-state index in [1.165, 1.54) is 0 Å². The lowest BCUT2D eigenvalue weighted by Gasteiger charge is -2.35. The van der Waals surface area contributed by atoms with Crippen LogP contribution in [0.2, 0.25) is 0 Å². The van der Waals surface area contributed by atoms with Crippen molar-refractivity contribution in [2.45, 2.75) is 32.0 Å². The van der Waals surface area contributed by atoms with Gasteiger partial charge in [-0.15, -0.1) is 0 Å². The number of hydrogen-bond donors (Lipinski definition) is 1. The molecule has 0 amide bonds. The van der Waals surface area contributed by atoms with Crippen LogP contribution in [-0.4, -0.2) is 24.9 Å². The number of aliphatic hydroxyl groups excluding tert-OH is 1. The van der Waals surface area contributed by atoms with Crippen LogP contribution < -0.4 is 14.2 Å². The Balaban J connectivity index is 2.50. The second-order valence-electron chi connectivity index (χ2n) is 4.83. The molecule has 1 aliphatic rings. The highest BCUT2D eigenvalue weighted by Crippen LogP contribution is 2.44. The lowest BCUT2D eigenvalue weighted by atomic mass is 9.91. The smallest absolute Gasteiger partial charge is 0.164 e. The van der Waals surface area contributed by atoms with Gasteiger partial charge in [-0.25, -0.2) is 0 Å². The van der Waals surface area contributed by atoms with Gasteiger partial charge in [-0.2, -0.15) is 0 Å². The van der Waals surface area contributed by atoms with Crippen LogP contribution in [0.25, 0.3) is 0 Å². The van der Waals surface area contributed by atoms with Gasteiger partial charge in [-0.1, -0.05) is 0 Å². The van der Waals surface area contributed by atoms with Crippen molar-refractivity contribution in [2.75, 3.05) is 14.2 Å². The molecule has 1 aromatic carbocycles. The van der Waals surface area contributed by atoms with E-state index in [1.54, 1.807) is 26.4 Å². The van der Waals surface area contributed by atoms with Gasteiger partial charge in [-0.05, 0) is 19.9 Å². The zero-order chi connectivity index (χ0) is 12.6. The molecule has 1 unspecified atom stereocenters. The van der Waals surface area contributed by atoms with Crippen molar-refractivity contribution in [1.29, 1.82) is 0 Å². The zero-order valence-electron chi connectivity index (χ0n) is 10.6. The number of fused-ring (bicyclic) bond motifs is 1. The van der Waals surface area contributed by atoms with E-state index < -0.39 is 6.10 Å². The largest absolute Gasteiger partial charge is 0.493 e. The van der Waals surface area contributed by atoms with E-state index in [0.717, 1.165) is 5.56 Å². The van der Waals surface area contributed by atoms with Crippen molar-refractivity contribution < 1.29 is 19.3 Å². The number of methoxy groups -OCH3 is 2. The molecular weight excluding hydrogens is 220 g/mol. The van der Waals surface area contributed by atoms with Crippen molar-refractivity contribution in [1.82, 2.24) is 0 Å². The summed E-state index contributed by atoms with van der Waals surface area (Å²) < 4.78 is 16.3. The predicted octanol–water partition coefficient (Wildman–Crippen LogP) is 2.30. The lowest BCUT2D eigenvalue weighted by molar-refractivity contribution is 0.0111. The van der Waals surface area contributed by atoms with Gasteiger partial charge in [0.15, 0.2) is 11.5 Å². The van der Waals surface area contributed by atoms with Crippen molar-refractivity contribution in [3.8, 4) is 17.2 Å². The Labute approximate surface area is 101 Å². The predicted molar refractivity (Wildman–Crippen MR) is 63.8 cm³/mol. The van der Waals surface area contributed by atoms with Gasteiger partial charge in [0.1, 0.15) is 11.4 Å². The standard InChI is InChI=1S/C13H18O4/c1-13(2)7-9(14)8-5-11(15-3)12(16-4)6-10(8)17-13/h5-6,9,14H,7H2,1-4H3. The Hall–Kier alpha value is -1.42. The van der Waals surface area contributed by atoms with Crippen molar-refractivity contribution in [3.63, 3.8) is 0 Å². The lowest BCUT2D eigenvalue weighted by Crippen LogP contribution is -2.34. The second kappa shape index (κ2) is 4.11. The van der Waals surface area contributed by atoms with Crippen LogP contribution in [0.15, 0.2) is 12.1 Å². The summed E-state index contributed by atoms with van der Waals surface area (Å²) in [6.07, 6.45) is 0.0312. The molecule has 1 aliphatic heterocycles. The maximum atomic E-state index is 10.1. The van der Waals surface area contributed by atoms with E-state index in [0.29, 0.717) is 23.7 Å². The molecule has 0 bridgehead atoms. The van der Waals surface area contributed by atoms with Crippen molar-refractivity contribution in [3.05, 3.63) is 17.7 Å². The highest BCUT2D eigenvalue weighted by molar-refractivity contribution is 5.52. The van der Waals surface area contributed by atoms with Crippen LogP contribution in [0.4, 0.5) is 0 Å². The third kappa shape index (κ3) is 2.17. The van der Waals surface area contributed by atoms with Gasteiger partial charge >= 0.3 is 0 Å². The van der Waals surface area contributed by atoms with Crippen LogP contribution in [0.5, 0.6) is 17.2 Å². The molecule has 4 heteroatoms. The van der Waals surface area contributed by atoms with Crippen LogP contribution in [0.1, 0.15) is 31.9 Å². The monoisotopic (exact) mass is 238 g/mol. The second-order valence-corrected chi connectivity index (χ2v) is 4.83. The topological polar surface area (TPSA) is 47.9 Å². The average Bonchev–Trinajstić information content (AvgIpc) is 2.26. The molecule has 0 aromatic heterocycles. The third-order valence-corrected chi connectivity index (χ3v) is 2.95. The maximum absolute atomic E-state index is 10.1. The fourth-order valence-electron chi connectivity index (χ4n) is 2.14. The van der Waals surface area contributed by atoms with E-state index in [2.05, 4.69) is 0 Å². The summed E-state index contributed by atoms with van der Waals surface area (Å²) in [5, 5.41) is 10.1. The molecule has 0 saturated heterocycles.